The van der Waals surface area contributed by atoms with E-state index in [-0.39, 0.29) is 0 Å². The van der Waals surface area contributed by atoms with Gasteiger partial charge in [-0.2, -0.15) is 0 Å². The van der Waals surface area contributed by atoms with Crippen LogP contribution in [0.2, 0.25) is 0 Å². The van der Waals surface area contributed by atoms with Gasteiger partial charge in [-0.15, -0.1) is 0 Å². The average molecular weight is 397 g/mol. The minimum Gasteiger partial charge on any atom is -0.402 e. The lowest BCUT2D eigenvalue weighted by atomic mass is 10.1. The maximum atomic E-state index is 11.0. The highest BCUT2D eigenvalue weighted by Crippen LogP contribution is 2.02. The number of aliphatic hydroxyl groups excluding tert-OH is 5. The summed E-state index contributed by atoms with van der Waals surface area (Å²) in [7, 11) is -2.17. The number of rotatable bonds is 15. The van der Waals surface area contributed by atoms with E-state index in [0.29, 0.717) is 6.61 Å². The molecular formula is C16H36BNO9. The molecule has 0 rings (SSSR count). The van der Waals surface area contributed by atoms with Crippen LogP contribution in [0.1, 0.15) is 39.5 Å². The van der Waals surface area contributed by atoms with Crippen LogP contribution in [0.3, 0.4) is 0 Å². The second-order valence-corrected chi connectivity index (χ2v) is 6.06. The fourth-order valence-corrected chi connectivity index (χ4v) is 1.99. The third kappa shape index (κ3) is 16.1. The van der Waals surface area contributed by atoms with Gasteiger partial charge in [0.2, 0.25) is 0 Å². The van der Waals surface area contributed by atoms with Crippen LogP contribution >= 0.6 is 0 Å². The van der Waals surface area contributed by atoms with Gasteiger partial charge in [0.1, 0.15) is 18.3 Å². The number of hydrogen-bond donors (Lipinski definition) is 7. The molecule has 10 nitrogen and oxygen atoms in total. The van der Waals surface area contributed by atoms with Crippen molar-refractivity contribution in [1.82, 2.24) is 4.90 Å². The molecule has 0 aliphatic rings. The molecule has 0 saturated heterocycles. The van der Waals surface area contributed by atoms with Crippen molar-refractivity contribution in [2.75, 3.05) is 39.5 Å². The molecule has 0 heterocycles. The van der Waals surface area contributed by atoms with Crippen molar-refractivity contribution in [3.05, 3.63) is 0 Å². The number of unbranched alkanes of at least 4 members (excludes halogenated alkanes) is 2. The van der Waals surface area contributed by atoms with Gasteiger partial charge in [0, 0.05) is 6.54 Å². The van der Waals surface area contributed by atoms with E-state index in [2.05, 4.69) is 23.4 Å². The molecule has 0 amide bonds. The largest absolute Gasteiger partial charge is 0.634 e. The third-order valence-electron chi connectivity index (χ3n) is 3.68. The Labute approximate surface area is 161 Å². The van der Waals surface area contributed by atoms with Crippen molar-refractivity contribution in [2.45, 2.75) is 57.8 Å². The molecule has 0 unspecified atom stereocenters. The molecule has 27 heavy (non-hydrogen) atoms. The van der Waals surface area contributed by atoms with Gasteiger partial charge in [0.15, 0.2) is 5.78 Å². The highest BCUT2D eigenvalue weighted by atomic mass is 16.6. The second-order valence-electron chi connectivity index (χ2n) is 6.06. The Morgan fingerprint density at radius 3 is 1.89 bits per heavy atom. The Balaban J connectivity index is 0. The third-order valence-corrected chi connectivity index (χ3v) is 3.68. The fourth-order valence-electron chi connectivity index (χ4n) is 1.99. The normalized spacial score (nSPS) is 14.3. The summed E-state index contributed by atoms with van der Waals surface area (Å²) in [6.45, 7) is 6.19. The summed E-state index contributed by atoms with van der Waals surface area (Å²) in [6.07, 6.45) is -0.494. The maximum absolute atomic E-state index is 11.0. The van der Waals surface area contributed by atoms with E-state index in [1.165, 1.54) is 25.7 Å². The fraction of sp³-hybridized carbons (Fsp3) is 0.938. The number of carbonyl (C=O) groups excluding carboxylic acids is 1. The quantitative estimate of drug-likeness (QED) is 0.147. The van der Waals surface area contributed by atoms with E-state index >= 15 is 0 Å². The lowest BCUT2D eigenvalue weighted by Crippen LogP contribution is -2.45. The number of ketones is 1. The topological polar surface area (TPSA) is 171 Å². The van der Waals surface area contributed by atoms with Crippen LogP contribution in [0.25, 0.3) is 0 Å². The monoisotopic (exact) mass is 397 g/mol. The molecule has 0 bridgehead atoms. The smallest absolute Gasteiger partial charge is 0.402 e. The lowest BCUT2D eigenvalue weighted by Gasteiger charge is -2.20. The van der Waals surface area contributed by atoms with Crippen molar-refractivity contribution in [3.8, 4) is 0 Å². The van der Waals surface area contributed by atoms with E-state index in [0.717, 1.165) is 19.6 Å². The first-order valence-corrected chi connectivity index (χ1v) is 9.23. The summed E-state index contributed by atoms with van der Waals surface area (Å²) in [5.41, 5.74) is 0. The summed E-state index contributed by atoms with van der Waals surface area (Å²) < 4.78 is 4.03. The van der Waals surface area contributed by atoms with Gasteiger partial charge in [0.25, 0.3) is 0 Å². The summed E-state index contributed by atoms with van der Waals surface area (Å²) in [5.74, 6) is -1.05. The second kappa shape index (κ2) is 18.7. The lowest BCUT2D eigenvalue weighted by molar-refractivity contribution is -0.142. The number of nitrogens with zero attached hydrogens (tertiary/aromatic N) is 1. The minimum absolute atomic E-state index is 0.299. The number of Topliss-reactive ketones (excluding diaryl/α,β-unsaturated/α-hetero) is 1. The van der Waals surface area contributed by atoms with Crippen LogP contribution in [-0.2, 0) is 9.45 Å². The SMILES string of the molecule is CCCCN(CCO)CCCC.O=C(COB(O)O)[C@H](O)[C@@H](O)[C@H](O)CO. The van der Waals surface area contributed by atoms with Crippen molar-refractivity contribution < 1.29 is 45.0 Å². The van der Waals surface area contributed by atoms with Crippen LogP contribution in [0.15, 0.2) is 0 Å². The summed E-state index contributed by atoms with van der Waals surface area (Å²) in [5, 5.41) is 60.7. The van der Waals surface area contributed by atoms with Gasteiger partial charge in [-0.3, -0.25) is 4.79 Å². The van der Waals surface area contributed by atoms with E-state index in [1.807, 2.05) is 0 Å². The number of carbonyl (C=O) groups is 1. The summed E-state index contributed by atoms with van der Waals surface area (Å²) in [6, 6.07) is 0. The molecule has 11 heteroatoms. The Morgan fingerprint density at radius 1 is 1.00 bits per heavy atom. The summed E-state index contributed by atoms with van der Waals surface area (Å²) >= 11 is 0. The molecule has 162 valence electrons. The molecule has 7 N–H and O–H groups in total. The molecule has 0 aromatic carbocycles. The highest BCUT2D eigenvalue weighted by molar-refractivity contribution is 6.33. The Kier molecular flexibility index (Phi) is 19.8. The van der Waals surface area contributed by atoms with Gasteiger partial charge in [0.05, 0.1) is 19.8 Å². The first-order chi connectivity index (χ1) is 12.7. The van der Waals surface area contributed by atoms with Gasteiger partial charge in [-0.25, -0.2) is 0 Å². The van der Waals surface area contributed by atoms with Crippen LogP contribution in [0.4, 0.5) is 0 Å². The van der Waals surface area contributed by atoms with Gasteiger partial charge < -0.3 is 45.1 Å². The molecule has 0 fully saturated rings. The predicted octanol–water partition coefficient (Wildman–Crippen LogP) is -2.50. The van der Waals surface area contributed by atoms with Crippen LogP contribution < -0.4 is 0 Å². The number of hydrogen-bond acceptors (Lipinski definition) is 10. The molecule has 0 aliphatic carbocycles. The average Bonchev–Trinajstić information content (AvgIpc) is 2.66. The van der Waals surface area contributed by atoms with E-state index in [9.17, 15) is 4.79 Å². The van der Waals surface area contributed by atoms with Gasteiger partial charge in [-0.1, -0.05) is 26.7 Å². The van der Waals surface area contributed by atoms with Crippen molar-refractivity contribution >= 4 is 13.1 Å². The Hall–Kier alpha value is -0.625. The zero-order valence-electron chi connectivity index (χ0n) is 16.3. The molecule has 3 atom stereocenters. The summed E-state index contributed by atoms with van der Waals surface area (Å²) in [4.78, 5) is 13.3. The van der Waals surface area contributed by atoms with Crippen molar-refractivity contribution in [1.29, 1.82) is 0 Å². The van der Waals surface area contributed by atoms with Crippen LogP contribution in [0.5, 0.6) is 0 Å². The molecule has 0 aromatic heterocycles. The molecule has 0 saturated carbocycles. The van der Waals surface area contributed by atoms with Gasteiger partial charge >= 0.3 is 7.32 Å². The van der Waals surface area contributed by atoms with Crippen LogP contribution in [-0.4, -0.2) is 111 Å². The minimum atomic E-state index is -2.17. The molecule has 0 aliphatic heterocycles. The predicted molar refractivity (Wildman–Crippen MR) is 99.6 cm³/mol. The van der Waals surface area contributed by atoms with E-state index in [4.69, 9.17) is 35.6 Å². The van der Waals surface area contributed by atoms with Crippen molar-refractivity contribution in [2.24, 2.45) is 0 Å². The zero-order valence-corrected chi connectivity index (χ0v) is 16.3. The molecular weight excluding hydrogens is 361 g/mol. The number of aliphatic hydroxyl groups is 5. The molecule has 0 spiro atoms. The van der Waals surface area contributed by atoms with Gasteiger partial charge in [-0.05, 0) is 25.9 Å². The highest BCUT2D eigenvalue weighted by Gasteiger charge is 2.30. The van der Waals surface area contributed by atoms with Crippen molar-refractivity contribution in [3.63, 3.8) is 0 Å². The van der Waals surface area contributed by atoms with Crippen LogP contribution in [0, 0.1) is 0 Å². The maximum Gasteiger partial charge on any atom is 0.634 e. The Bertz CT molecular complexity index is 342. The standard InChI is InChI=1S/C10H23NO.C6H13BO8/c1-3-5-7-11(9-10-12)8-6-4-2;8-1-3(9)5(11)6(12)4(10)2-15-7(13)14/h12H,3-10H2,1-2H3;3,5-6,8-9,11-14H,1-2H2/t;3-,5+,6+/m.1/s1. The van der Waals surface area contributed by atoms with E-state index in [1.54, 1.807) is 0 Å². The first-order valence-electron chi connectivity index (χ1n) is 9.23. The molecule has 0 radical (unpaired) electrons. The Morgan fingerprint density at radius 2 is 1.52 bits per heavy atom. The zero-order chi connectivity index (χ0) is 21.2. The first kappa shape index (κ1) is 28.6. The molecule has 0 aromatic rings. The van der Waals surface area contributed by atoms with E-state index < -0.39 is 44.6 Å².